The van der Waals surface area contributed by atoms with Crippen LogP contribution in [0.4, 0.5) is 4.79 Å². The minimum Gasteiger partial charge on any atom is -0.336 e. The number of carbonyl (C=O) groups is 1. The summed E-state index contributed by atoms with van der Waals surface area (Å²) in [6, 6.07) is 0.176. The Morgan fingerprint density at radius 2 is 2.64 bits per heavy atom. The van der Waals surface area contributed by atoms with Crippen LogP contribution in [0, 0.1) is 12.3 Å². The van der Waals surface area contributed by atoms with E-state index >= 15 is 0 Å². The van der Waals surface area contributed by atoms with Gasteiger partial charge >= 0.3 is 6.03 Å². The zero-order valence-corrected chi connectivity index (χ0v) is 6.63. The lowest BCUT2D eigenvalue weighted by atomic mass is 10.2. The normalized spacial score (nSPS) is 19.3. The molecule has 0 aromatic heterocycles. The first-order chi connectivity index (χ1) is 5.25. The number of nitrogens with one attached hydrogen (secondary N) is 1. The predicted molar refractivity (Wildman–Crippen MR) is 43.0 cm³/mol. The molecular formula is C8H12N2O. The number of terminal acetylenes is 1. The van der Waals surface area contributed by atoms with Gasteiger partial charge in [0.2, 0.25) is 0 Å². The zero-order valence-electron chi connectivity index (χ0n) is 6.63. The van der Waals surface area contributed by atoms with Crippen LogP contribution in [0.3, 0.4) is 0 Å². The Morgan fingerprint density at radius 1 is 1.91 bits per heavy atom. The minimum absolute atomic E-state index is 0.00718. The van der Waals surface area contributed by atoms with E-state index in [4.69, 9.17) is 6.42 Å². The molecule has 11 heavy (non-hydrogen) atoms. The first-order valence-corrected chi connectivity index (χ1v) is 3.73. The van der Waals surface area contributed by atoms with Gasteiger partial charge in [-0.05, 0) is 6.92 Å². The highest BCUT2D eigenvalue weighted by atomic mass is 16.2. The van der Waals surface area contributed by atoms with Crippen LogP contribution >= 0.6 is 0 Å². The first kappa shape index (κ1) is 7.93. The maximum absolute atomic E-state index is 11.0. The van der Waals surface area contributed by atoms with E-state index in [-0.39, 0.29) is 12.1 Å². The molecule has 0 radical (unpaired) electrons. The molecule has 0 aromatic rings. The summed E-state index contributed by atoms with van der Waals surface area (Å²) in [6.07, 6.45) is 5.77. The van der Waals surface area contributed by atoms with Crippen molar-refractivity contribution in [2.24, 2.45) is 0 Å². The molecule has 1 N–H and O–H groups in total. The van der Waals surface area contributed by atoms with E-state index in [2.05, 4.69) is 11.2 Å². The van der Waals surface area contributed by atoms with Crippen molar-refractivity contribution in [3.8, 4) is 12.3 Å². The van der Waals surface area contributed by atoms with Gasteiger partial charge in [0.05, 0.1) is 0 Å². The van der Waals surface area contributed by atoms with E-state index in [0.29, 0.717) is 6.42 Å². The van der Waals surface area contributed by atoms with Crippen LogP contribution in [0.1, 0.15) is 13.3 Å². The maximum Gasteiger partial charge on any atom is 0.317 e. The third kappa shape index (κ3) is 1.64. The highest BCUT2D eigenvalue weighted by Crippen LogP contribution is 2.06. The molecule has 0 saturated carbocycles. The van der Waals surface area contributed by atoms with Crippen molar-refractivity contribution < 1.29 is 4.79 Å². The number of hydrogen-bond donors (Lipinski definition) is 1. The summed E-state index contributed by atoms with van der Waals surface area (Å²) in [4.78, 5) is 12.8. The Kier molecular flexibility index (Phi) is 2.37. The van der Waals surface area contributed by atoms with Crippen molar-refractivity contribution in [3.05, 3.63) is 0 Å². The topological polar surface area (TPSA) is 32.3 Å². The van der Waals surface area contributed by atoms with Gasteiger partial charge in [-0.25, -0.2) is 4.79 Å². The molecule has 2 amide bonds. The average molecular weight is 152 g/mol. The van der Waals surface area contributed by atoms with Crippen molar-refractivity contribution >= 4 is 6.03 Å². The fourth-order valence-corrected chi connectivity index (χ4v) is 1.19. The van der Waals surface area contributed by atoms with Gasteiger partial charge in [0, 0.05) is 25.6 Å². The van der Waals surface area contributed by atoms with Crippen molar-refractivity contribution in [3.63, 3.8) is 0 Å². The molecule has 1 fully saturated rings. The molecule has 1 unspecified atom stereocenters. The molecule has 0 bridgehead atoms. The summed E-state index contributed by atoms with van der Waals surface area (Å²) >= 11 is 0. The average Bonchev–Trinajstić information content (AvgIpc) is 2.36. The Morgan fingerprint density at radius 3 is 3.09 bits per heavy atom. The van der Waals surface area contributed by atoms with E-state index in [1.165, 1.54) is 0 Å². The van der Waals surface area contributed by atoms with E-state index in [1.54, 1.807) is 4.90 Å². The highest BCUT2D eigenvalue weighted by molar-refractivity contribution is 5.76. The third-order valence-electron chi connectivity index (χ3n) is 1.84. The summed E-state index contributed by atoms with van der Waals surface area (Å²) in [5.74, 6) is 2.54. The lowest BCUT2D eigenvalue weighted by Gasteiger charge is -2.20. The van der Waals surface area contributed by atoms with E-state index in [0.717, 1.165) is 13.1 Å². The lowest BCUT2D eigenvalue weighted by molar-refractivity contribution is 0.203. The van der Waals surface area contributed by atoms with Crippen LogP contribution in [-0.4, -0.2) is 30.1 Å². The van der Waals surface area contributed by atoms with Gasteiger partial charge in [-0.1, -0.05) is 0 Å². The van der Waals surface area contributed by atoms with E-state index < -0.39 is 0 Å². The molecule has 60 valence electrons. The molecule has 1 aliphatic rings. The van der Waals surface area contributed by atoms with Crippen LogP contribution in [-0.2, 0) is 0 Å². The van der Waals surface area contributed by atoms with Crippen molar-refractivity contribution in [2.45, 2.75) is 19.4 Å². The molecule has 3 heteroatoms. The second kappa shape index (κ2) is 3.29. The van der Waals surface area contributed by atoms with Crippen molar-refractivity contribution in [2.75, 3.05) is 13.1 Å². The Hall–Kier alpha value is -1.17. The molecule has 0 spiro atoms. The van der Waals surface area contributed by atoms with Crippen LogP contribution in [0.2, 0.25) is 0 Å². The molecule has 1 aliphatic heterocycles. The molecular weight excluding hydrogens is 140 g/mol. The number of nitrogens with zero attached hydrogens (tertiary/aromatic N) is 1. The van der Waals surface area contributed by atoms with Gasteiger partial charge in [-0.3, -0.25) is 0 Å². The number of amides is 2. The number of carbonyl (C=O) groups excluding carboxylic acids is 1. The predicted octanol–water partition coefficient (Wildman–Crippen LogP) is 0.423. The summed E-state index contributed by atoms with van der Waals surface area (Å²) in [6.45, 7) is 3.49. The molecule has 3 nitrogen and oxygen atoms in total. The largest absolute Gasteiger partial charge is 0.336 e. The van der Waals surface area contributed by atoms with Gasteiger partial charge in [0.1, 0.15) is 0 Å². The Balaban J connectivity index is 2.47. The van der Waals surface area contributed by atoms with Crippen LogP contribution in [0.5, 0.6) is 0 Å². The number of hydrogen-bond acceptors (Lipinski definition) is 1. The van der Waals surface area contributed by atoms with Gasteiger partial charge in [-0.2, -0.15) is 0 Å². The molecule has 1 atom stereocenters. The summed E-state index contributed by atoms with van der Waals surface area (Å²) in [7, 11) is 0. The van der Waals surface area contributed by atoms with Gasteiger partial charge in [0.15, 0.2) is 0 Å². The van der Waals surface area contributed by atoms with E-state index in [1.807, 2.05) is 6.92 Å². The molecule has 0 aliphatic carbocycles. The molecule has 1 heterocycles. The zero-order chi connectivity index (χ0) is 8.27. The van der Waals surface area contributed by atoms with Crippen molar-refractivity contribution in [1.82, 2.24) is 10.2 Å². The lowest BCUT2D eigenvalue weighted by Crippen LogP contribution is -2.35. The number of rotatable bonds is 2. The maximum atomic E-state index is 11.0. The first-order valence-electron chi connectivity index (χ1n) is 3.73. The smallest absolute Gasteiger partial charge is 0.317 e. The molecule has 1 rings (SSSR count). The SMILES string of the molecule is C#CCC(C)N1CCNC1=O. The van der Waals surface area contributed by atoms with Gasteiger partial charge < -0.3 is 10.2 Å². The van der Waals surface area contributed by atoms with E-state index in [9.17, 15) is 4.79 Å². The van der Waals surface area contributed by atoms with Crippen LogP contribution in [0.25, 0.3) is 0 Å². The van der Waals surface area contributed by atoms with Crippen LogP contribution < -0.4 is 5.32 Å². The Bertz CT molecular complexity index is 195. The van der Waals surface area contributed by atoms with Gasteiger partial charge in [-0.15, -0.1) is 12.3 Å². The quantitative estimate of drug-likeness (QED) is 0.571. The summed E-state index contributed by atoms with van der Waals surface area (Å²) in [5.41, 5.74) is 0. The fourth-order valence-electron chi connectivity index (χ4n) is 1.19. The summed E-state index contributed by atoms with van der Waals surface area (Å²) in [5, 5.41) is 2.73. The minimum atomic E-state index is 0.00718. The molecule has 0 aromatic carbocycles. The standard InChI is InChI=1S/C8H12N2O/c1-3-4-7(2)10-6-5-9-8(10)11/h1,7H,4-6H2,2H3,(H,9,11). The second-order valence-electron chi connectivity index (χ2n) is 2.68. The highest BCUT2D eigenvalue weighted by Gasteiger charge is 2.23. The summed E-state index contributed by atoms with van der Waals surface area (Å²) < 4.78 is 0. The fraction of sp³-hybridized carbons (Fsp3) is 0.625. The molecule has 1 saturated heterocycles. The third-order valence-corrected chi connectivity index (χ3v) is 1.84. The van der Waals surface area contributed by atoms with Crippen molar-refractivity contribution in [1.29, 1.82) is 0 Å². The van der Waals surface area contributed by atoms with Crippen LogP contribution in [0.15, 0.2) is 0 Å². The van der Waals surface area contributed by atoms with Gasteiger partial charge in [0.25, 0.3) is 0 Å². The Labute approximate surface area is 66.8 Å². The monoisotopic (exact) mass is 152 g/mol. The number of urea groups is 1. The second-order valence-corrected chi connectivity index (χ2v) is 2.68.